The molecule has 2 aromatic carbocycles. The zero-order valence-corrected chi connectivity index (χ0v) is 19.5. The first kappa shape index (κ1) is 24.4. The van der Waals surface area contributed by atoms with Gasteiger partial charge in [-0.3, -0.25) is 10.0 Å². The van der Waals surface area contributed by atoms with Gasteiger partial charge in [0.1, 0.15) is 0 Å². The number of hydroxylamine groups is 2. The van der Waals surface area contributed by atoms with Crippen LogP contribution in [0.4, 0.5) is 0 Å². The van der Waals surface area contributed by atoms with E-state index in [1.165, 1.54) is 15.4 Å². The van der Waals surface area contributed by atoms with Gasteiger partial charge in [-0.15, -0.1) is 0 Å². The van der Waals surface area contributed by atoms with E-state index in [0.717, 1.165) is 11.1 Å². The molecular weight excluding hydrogens is 428 g/mol. The van der Waals surface area contributed by atoms with Crippen LogP contribution in [-0.4, -0.2) is 60.4 Å². The first-order valence-corrected chi connectivity index (χ1v) is 12.5. The van der Waals surface area contributed by atoms with Crippen LogP contribution in [0.15, 0.2) is 48.5 Å². The number of benzene rings is 2. The normalized spacial score (nSPS) is 16.6. The van der Waals surface area contributed by atoms with Gasteiger partial charge in [0.2, 0.25) is 16.4 Å². The lowest BCUT2D eigenvalue weighted by Gasteiger charge is -2.33. The molecule has 1 N–H and O–H groups in total. The van der Waals surface area contributed by atoms with E-state index < -0.39 is 16.1 Å². The fraction of sp³-hybridized carbons (Fsp3) is 0.458. The maximum absolute atomic E-state index is 13.0. The molecule has 0 aromatic heterocycles. The Kier molecular flexibility index (Phi) is 8.42. The van der Waals surface area contributed by atoms with E-state index in [-0.39, 0.29) is 24.7 Å². The molecule has 1 fully saturated rings. The standard InChI is InChI=1S/C24H32N2O5S/c1-19-8-9-20(2)22(14-19)16-31-24-10-12-25(13-11-24)32(29,30)17-23(26(28)18-27)15-21-6-4-3-5-7-21/h3-9,14,18,23-24,28H,10-13,15-17H2,1-2H3. The number of sulfonamides is 1. The summed E-state index contributed by atoms with van der Waals surface area (Å²) in [6, 6.07) is 14.7. The topological polar surface area (TPSA) is 87.2 Å². The monoisotopic (exact) mass is 460 g/mol. The van der Waals surface area contributed by atoms with Gasteiger partial charge in [-0.25, -0.2) is 17.8 Å². The number of hydrogen-bond donors (Lipinski definition) is 1. The molecule has 1 aliphatic heterocycles. The minimum atomic E-state index is -3.64. The summed E-state index contributed by atoms with van der Waals surface area (Å²) < 4.78 is 33.5. The van der Waals surface area contributed by atoms with Crippen molar-refractivity contribution in [3.8, 4) is 0 Å². The van der Waals surface area contributed by atoms with Crippen molar-refractivity contribution in [3.63, 3.8) is 0 Å². The van der Waals surface area contributed by atoms with Crippen molar-refractivity contribution < 1.29 is 23.2 Å². The van der Waals surface area contributed by atoms with E-state index in [9.17, 15) is 18.4 Å². The van der Waals surface area contributed by atoms with Gasteiger partial charge >= 0.3 is 0 Å². The number of carbonyl (C=O) groups is 1. The second kappa shape index (κ2) is 11.0. The van der Waals surface area contributed by atoms with E-state index in [1.807, 2.05) is 30.3 Å². The maximum atomic E-state index is 13.0. The molecular formula is C24H32N2O5S. The second-order valence-electron chi connectivity index (χ2n) is 8.45. The van der Waals surface area contributed by atoms with Gasteiger partial charge < -0.3 is 4.74 Å². The smallest absolute Gasteiger partial charge is 0.233 e. The van der Waals surface area contributed by atoms with Crippen molar-refractivity contribution in [2.45, 2.75) is 51.9 Å². The third kappa shape index (κ3) is 6.62. The lowest BCUT2D eigenvalue weighted by atomic mass is 10.1. The zero-order chi connectivity index (χ0) is 23.1. The average molecular weight is 461 g/mol. The molecule has 1 saturated heterocycles. The second-order valence-corrected chi connectivity index (χ2v) is 10.5. The van der Waals surface area contributed by atoms with E-state index in [4.69, 9.17) is 4.74 Å². The van der Waals surface area contributed by atoms with Crippen molar-refractivity contribution in [2.75, 3.05) is 18.8 Å². The van der Waals surface area contributed by atoms with Crippen molar-refractivity contribution in [1.82, 2.24) is 9.37 Å². The Morgan fingerprint density at radius 1 is 1.16 bits per heavy atom. The fourth-order valence-electron chi connectivity index (χ4n) is 3.99. The highest BCUT2D eigenvalue weighted by atomic mass is 32.2. The molecule has 0 spiro atoms. The molecule has 2 aromatic rings. The predicted octanol–water partition coefficient (Wildman–Crippen LogP) is 3.07. The van der Waals surface area contributed by atoms with E-state index in [0.29, 0.717) is 37.6 Å². The summed E-state index contributed by atoms with van der Waals surface area (Å²) in [7, 11) is -3.64. The van der Waals surface area contributed by atoms with Gasteiger partial charge in [0, 0.05) is 13.1 Å². The van der Waals surface area contributed by atoms with Crippen LogP contribution in [0.1, 0.15) is 35.1 Å². The van der Waals surface area contributed by atoms with E-state index >= 15 is 0 Å². The first-order valence-electron chi connectivity index (χ1n) is 10.9. The van der Waals surface area contributed by atoms with Gasteiger partial charge in [-0.05, 0) is 49.8 Å². The molecule has 0 radical (unpaired) electrons. The maximum Gasteiger partial charge on any atom is 0.233 e. The number of nitrogens with zero attached hydrogens (tertiary/aromatic N) is 2. The highest BCUT2D eigenvalue weighted by Crippen LogP contribution is 2.21. The summed E-state index contributed by atoms with van der Waals surface area (Å²) in [6.07, 6.45) is 1.75. The number of piperidine rings is 1. The van der Waals surface area contributed by atoms with Crippen molar-refractivity contribution >= 4 is 16.4 Å². The van der Waals surface area contributed by atoms with Gasteiger partial charge in [-0.1, -0.05) is 54.1 Å². The molecule has 8 heteroatoms. The van der Waals surface area contributed by atoms with E-state index in [2.05, 4.69) is 32.0 Å². The quantitative estimate of drug-likeness (QED) is 0.335. The van der Waals surface area contributed by atoms with Crippen LogP contribution in [0, 0.1) is 13.8 Å². The number of rotatable bonds is 10. The van der Waals surface area contributed by atoms with Crippen LogP contribution in [0.25, 0.3) is 0 Å². The number of aryl methyl sites for hydroxylation is 2. The minimum Gasteiger partial charge on any atom is -0.373 e. The molecule has 7 nitrogen and oxygen atoms in total. The summed E-state index contributed by atoms with van der Waals surface area (Å²) in [6.45, 7) is 5.36. The predicted molar refractivity (Wildman–Crippen MR) is 123 cm³/mol. The van der Waals surface area contributed by atoms with Crippen molar-refractivity contribution in [3.05, 3.63) is 70.8 Å². The average Bonchev–Trinajstić information content (AvgIpc) is 2.79. The Morgan fingerprint density at radius 2 is 1.84 bits per heavy atom. The third-order valence-electron chi connectivity index (χ3n) is 5.97. The molecule has 1 heterocycles. The molecule has 0 saturated carbocycles. The summed E-state index contributed by atoms with van der Waals surface area (Å²) in [5, 5.41) is 10.4. The van der Waals surface area contributed by atoms with Gasteiger partial charge in [-0.2, -0.15) is 0 Å². The fourth-order valence-corrected chi connectivity index (χ4v) is 5.72. The van der Waals surface area contributed by atoms with Crippen LogP contribution in [0.2, 0.25) is 0 Å². The summed E-state index contributed by atoms with van der Waals surface area (Å²) in [4.78, 5) is 11.1. The Bertz CT molecular complexity index is 989. The van der Waals surface area contributed by atoms with Crippen LogP contribution < -0.4 is 0 Å². The minimum absolute atomic E-state index is 0.00536. The Balaban J connectivity index is 1.55. The highest BCUT2D eigenvalue weighted by Gasteiger charge is 2.32. The molecule has 32 heavy (non-hydrogen) atoms. The third-order valence-corrected chi connectivity index (χ3v) is 7.93. The summed E-state index contributed by atoms with van der Waals surface area (Å²) in [5.41, 5.74) is 4.38. The molecule has 1 aliphatic rings. The zero-order valence-electron chi connectivity index (χ0n) is 18.7. The Labute approximate surface area is 190 Å². The Hall–Kier alpha value is -2.26. The van der Waals surface area contributed by atoms with Crippen LogP contribution in [0.5, 0.6) is 0 Å². The number of amides is 1. The van der Waals surface area contributed by atoms with E-state index in [1.54, 1.807) is 0 Å². The van der Waals surface area contributed by atoms with Crippen molar-refractivity contribution in [1.29, 1.82) is 0 Å². The number of hydrogen-bond acceptors (Lipinski definition) is 5. The molecule has 3 rings (SSSR count). The highest BCUT2D eigenvalue weighted by molar-refractivity contribution is 7.89. The molecule has 1 amide bonds. The molecule has 0 bridgehead atoms. The molecule has 1 unspecified atom stereocenters. The SMILES string of the molecule is Cc1ccc(C)c(COC2CCN(S(=O)(=O)CC(Cc3ccccc3)N(O)C=O)CC2)c1. The lowest BCUT2D eigenvalue weighted by molar-refractivity contribution is -0.158. The van der Waals surface area contributed by atoms with Gasteiger partial charge in [0.05, 0.1) is 24.5 Å². The van der Waals surface area contributed by atoms with Gasteiger partial charge in [0.15, 0.2) is 0 Å². The largest absolute Gasteiger partial charge is 0.373 e. The van der Waals surface area contributed by atoms with Crippen molar-refractivity contribution in [2.24, 2.45) is 0 Å². The first-order chi connectivity index (χ1) is 15.3. The Morgan fingerprint density at radius 3 is 2.50 bits per heavy atom. The molecule has 174 valence electrons. The van der Waals surface area contributed by atoms with Crippen LogP contribution >= 0.6 is 0 Å². The lowest BCUT2D eigenvalue weighted by Crippen LogP contribution is -2.47. The molecule has 0 aliphatic carbocycles. The summed E-state index contributed by atoms with van der Waals surface area (Å²) >= 11 is 0. The summed E-state index contributed by atoms with van der Waals surface area (Å²) in [5.74, 6) is -0.328. The number of carbonyl (C=O) groups excluding carboxylic acids is 1. The van der Waals surface area contributed by atoms with Crippen LogP contribution in [0.3, 0.4) is 0 Å². The van der Waals surface area contributed by atoms with Crippen LogP contribution in [-0.2, 0) is 32.6 Å². The number of ether oxygens (including phenoxy) is 1. The molecule has 1 atom stereocenters. The van der Waals surface area contributed by atoms with Gasteiger partial charge in [0.25, 0.3) is 0 Å².